The molecular formula is C22H25N3O4. The van der Waals surface area contributed by atoms with E-state index in [2.05, 4.69) is 15.0 Å². The molecule has 0 N–H and O–H groups in total. The molecule has 152 valence electrons. The van der Waals surface area contributed by atoms with Gasteiger partial charge in [0.25, 0.3) is 0 Å². The second-order valence-corrected chi connectivity index (χ2v) is 7.05. The minimum Gasteiger partial charge on any atom is -0.497 e. The van der Waals surface area contributed by atoms with E-state index >= 15 is 0 Å². The lowest BCUT2D eigenvalue weighted by molar-refractivity contribution is 0.207. The Bertz CT molecular complexity index is 951. The fourth-order valence-corrected chi connectivity index (χ4v) is 3.33. The fourth-order valence-electron chi connectivity index (χ4n) is 3.33. The zero-order chi connectivity index (χ0) is 20.2. The maximum atomic E-state index is 5.53. The van der Waals surface area contributed by atoms with Gasteiger partial charge in [0, 0.05) is 23.7 Å². The van der Waals surface area contributed by atoms with Crippen molar-refractivity contribution in [2.75, 3.05) is 21.3 Å². The van der Waals surface area contributed by atoms with Crippen LogP contribution in [-0.4, -0.2) is 42.4 Å². The van der Waals surface area contributed by atoms with E-state index < -0.39 is 0 Å². The van der Waals surface area contributed by atoms with Crippen LogP contribution in [0.5, 0.6) is 17.2 Å². The highest BCUT2D eigenvalue weighted by Gasteiger charge is 2.31. The molecule has 3 aromatic rings. The highest BCUT2D eigenvalue weighted by molar-refractivity contribution is 5.55. The van der Waals surface area contributed by atoms with Gasteiger partial charge in [-0.1, -0.05) is 5.16 Å². The summed E-state index contributed by atoms with van der Waals surface area (Å²) in [6.45, 7) is 1.32. The number of hydrogen-bond acceptors (Lipinski definition) is 7. The molecule has 1 aliphatic carbocycles. The van der Waals surface area contributed by atoms with Gasteiger partial charge < -0.3 is 18.7 Å². The lowest BCUT2D eigenvalue weighted by Crippen LogP contribution is -2.25. The van der Waals surface area contributed by atoms with Crippen molar-refractivity contribution in [1.29, 1.82) is 0 Å². The predicted molar refractivity (Wildman–Crippen MR) is 108 cm³/mol. The molecule has 7 heteroatoms. The van der Waals surface area contributed by atoms with Gasteiger partial charge in [-0.05, 0) is 55.3 Å². The number of ether oxygens (including phenoxy) is 3. The average Bonchev–Trinajstić information content (AvgIpc) is 3.52. The van der Waals surface area contributed by atoms with Crippen LogP contribution in [0.2, 0.25) is 0 Å². The van der Waals surface area contributed by atoms with Crippen LogP contribution in [0.3, 0.4) is 0 Å². The second-order valence-electron chi connectivity index (χ2n) is 7.05. The summed E-state index contributed by atoms with van der Waals surface area (Å²) in [5, 5.41) is 4.14. The minimum absolute atomic E-state index is 0.516. The summed E-state index contributed by atoms with van der Waals surface area (Å²) in [5.41, 5.74) is 1.97. The van der Waals surface area contributed by atoms with E-state index in [-0.39, 0.29) is 0 Å². The third kappa shape index (κ3) is 4.51. The zero-order valence-electron chi connectivity index (χ0n) is 16.9. The van der Waals surface area contributed by atoms with Crippen molar-refractivity contribution in [3.8, 4) is 28.6 Å². The van der Waals surface area contributed by atoms with Crippen LogP contribution < -0.4 is 14.2 Å². The number of rotatable bonds is 9. The maximum Gasteiger partial charge on any atom is 0.241 e. The average molecular weight is 395 g/mol. The van der Waals surface area contributed by atoms with Gasteiger partial charge in [-0.3, -0.25) is 4.90 Å². The lowest BCUT2D eigenvalue weighted by atomic mass is 10.1. The summed E-state index contributed by atoms with van der Waals surface area (Å²) in [6.07, 6.45) is 2.34. The van der Waals surface area contributed by atoms with E-state index in [9.17, 15) is 0 Å². The number of hydrogen-bond donors (Lipinski definition) is 0. The Morgan fingerprint density at radius 3 is 2.31 bits per heavy atom. The summed E-state index contributed by atoms with van der Waals surface area (Å²) < 4.78 is 21.6. The normalized spacial score (nSPS) is 13.5. The largest absolute Gasteiger partial charge is 0.497 e. The van der Waals surface area contributed by atoms with Crippen molar-refractivity contribution in [1.82, 2.24) is 15.0 Å². The highest BCUT2D eigenvalue weighted by atomic mass is 16.5. The minimum atomic E-state index is 0.516. The number of nitrogens with zero attached hydrogens (tertiary/aromatic N) is 3. The Labute approximate surface area is 170 Å². The molecule has 0 aliphatic heterocycles. The Morgan fingerprint density at radius 1 is 0.931 bits per heavy atom. The van der Waals surface area contributed by atoms with Gasteiger partial charge in [0.2, 0.25) is 11.7 Å². The molecule has 1 aromatic heterocycles. The summed E-state index contributed by atoms with van der Waals surface area (Å²) in [6, 6.07) is 14.0. The van der Waals surface area contributed by atoms with Crippen molar-refractivity contribution in [3.05, 3.63) is 53.9 Å². The quantitative estimate of drug-likeness (QED) is 0.544. The van der Waals surface area contributed by atoms with Gasteiger partial charge in [-0.2, -0.15) is 4.98 Å². The van der Waals surface area contributed by atoms with Crippen LogP contribution in [0.25, 0.3) is 11.4 Å². The van der Waals surface area contributed by atoms with E-state index in [1.807, 2.05) is 42.5 Å². The van der Waals surface area contributed by atoms with Gasteiger partial charge in [0.05, 0.1) is 27.9 Å². The maximum absolute atomic E-state index is 5.53. The van der Waals surface area contributed by atoms with Crippen molar-refractivity contribution in [3.63, 3.8) is 0 Å². The Balaban J connectivity index is 1.50. The third-order valence-corrected chi connectivity index (χ3v) is 5.08. The summed E-state index contributed by atoms with van der Waals surface area (Å²) in [7, 11) is 5.00. The van der Waals surface area contributed by atoms with Crippen molar-refractivity contribution in [2.45, 2.75) is 32.0 Å². The molecule has 0 radical (unpaired) electrons. The molecule has 0 unspecified atom stereocenters. The van der Waals surface area contributed by atoms with Crippen LogP contribution in [0.15, 0.2) is 47.0 Å². The number of methoxy groups -OCH3 is 3. The van der Waals surface area contributed by atoms with Crippen LogP contribution in [0, 0.1) is 0 Å². The Kier molecular flexibility index (Phi) is 5.67. The van der Waals surface area contributed by atoms with Gasteiger partial charge in [0.15, 0.2) is 0 Å². The molecule has 1 heterocycles. The summed E-state index contributed by atoms with van der Waals surface area (Å²) in [4.78, 5) is 6.94. The van der Waals surface area contributed by atoms with E-state index in [1.54, 1.807) is 21.3 Å². The first kappa shape index (κ1) is 19.3. The first-order valence-electron chi connectivity index (χ1n) is 9.62. The molecule has 2 aromatic carbocycles. The summed E-state index contributed by atoms with van der Waals surface area (Å²) in [5.74, 6) is 3.64. The van der Waals surface area contributed by atoms with Crippen LogP contribution >= 0.6 is 0 Å². The lowest BCUT2D eigenvalue weighted by Gasteiger charge is -2.21. The Hall–Kier alpha value is -3.06. The fraction of sp³-hybridized carbons (Fsp3) is 0.364. The monoisotopic (exact) mass is 395 g/mol. The first-order valence-corrected chi connectivity index (χ1v) is 9.62. The molecular weight excluding hydrogens is 370 g/mol. The molecule has 1 aliphatic rings. The van der Waals surface area contributed by atoms with E-state index in [4.69, 9.17) is 18.7 Å². The number of aromatic nitrogens is 2. The molecule has 1 fully saturated rings. The van der Waals surface area contributed by atoms with E-state index in [1.165, 1.54) is 12.8 Å². The molecule has 0 bridgehead atoms. The highest BCUT2D eigenvalue weighted by Crippen LogP contribution is 2.33. The van der Waals surface area contributed by atoms with Gasteiger partial charge in [-0.15, -0.1) is 0 Å². The van der Waals surface area contributed by atoms with Gasteiger partial charge in [0.1, 0.15) is 17.2 Å². The summed E-state index contributed by atoms with van der Waals surface area (Å²) >= 11 is 0. The SMILES string of the molecule is COc1ccc(-c2noc(CN(Cc3cc(OC)ccc3OC)C3CC3)n2)cc1. The van der Waals surface area contributed by atoms with Crippen molar-refractivity contribution < 1.29 is 18.7 Å². The van der Waals surface area contributed by atoms with Crippen LogP contribution in [-0.2, 0) is 13.1 Å². The zero-order valence-corrected chi connectivity index (χ0v) is 16.9. The first-order chi connectivity index (χ1) is 14.2. The van der Waals surface area contributed by atoms with Crippen molar-refractivity contribution in [2.24, 2.45) is 0 Å². The van der Waals surface area contributed by atoms with Crippen LogP contribution in [0.4, 0.5) is 0 Å². The molecule has 4 rings (SSSR count). The molecule has 29 heavy (non-hydrogen) atoms. The Morgan fingerprint density at radius 2 is 1.66 bits per heavy atom. The number of benzene rings is 2. The molecule has 0 atom stereocenters. The molecule has 0 spiro atoms. The molecule has 0 saturated heterocycles. The van der Waals surface area contributed by atoms with Gasteiger partial charge in [-0.25, -0.2) is 0 Å². The van der Waals surface area contributed by atoms with Crippen LogP contribution in [0.1, 0.15) is 24.3 Å². The van der Waals surface area contributed by atoms with Crippen molar-refractivity contribution >= 4 is 0 Å². The molecule has 7 nitrogen and oxygen atoms in total. The molecule has 0 amide bonds. The van der Waals surface area contributed by atoms with E-state index in [0.717, 1.165) is 34.9 Å². The van der Waals surface area contributed by atoms with Gasteiger partial charge >= 0.3 is 0 Å². The van der Waals surface area contributed by atoms with E-state index in [0.29, 0.717) is 24.3 Å². The molecule has 1 saturated carbocycles. The third-order valence-electron chi connectivity index (χ3n) is 5.08. The topological polar surface area (TPSA) is 69.9 Å². The smallest absolute Gasteiger partial charge is 0.241 e. The second kappa shape index (κ2) is 8.53. The standard InChI is InChI=1S/C22H25N3O4/c1-26-18-8-4-15(5-9-18)22-23-21(29-24-22)14-25(17-6-7-17)13-16-12-19(27-2)10-11-20(16)28-3/h4-5,8-12,17H,6-7,13-14H2,1-3H3. The predicted octanol–water partition coefficient (Wildman–Crippen LogP) is 3.93.